The lowest BCUT2D eigenvalue weighted by molar-refractivity contribution is 0.233. The third kappa shape index (κ3) is 3.85. The molecule has 0 aromatic heterocycles. The van der Waals surface area contributed by atoms with E-state index in [2.05, 4.69) is 26.1 Å². The molecule has 0 aromatic rings. The molecule has 0 saturated carbocycles. The summed E-state index contributed by atoms with van der Waals surface area (Å²) in [5, 5.41) is 12.0. The van der Waals surface area contributed by atoms with Crippen LogP contribution in [0.15, 0.2) is 0 Å². The molecule has 0 radical (unpaired) electrons. The Hall–Kier alpha value is -0.0800. The van der Waals surface area contributed by atoms with Crippen LogP contribution < -0.4 is 5.32 Å². The molecule has 2 nitrogen and oxygen atoms in total. The van der Waals surface area contributed by atoms with Crippen LogP contribution in [-0.2, 0) is 0 Å². The van der Waals surface area contributed by atoms with E-state index in [0.29, 0.717) is 12.0 Å². The highest BCUT2D eigenvalue weighted by molar-refractivity contribution is 4.68. The molecule has 2 atom stereocenters. The van der Waals surface area contributed by atoms with Gasteiger partial charge in [-0.25, -0.2) is 0 Å². The standard InChI is InChI=1S/C8H19NO/c1-6(2)8(4)9-7(3)5-10/h6-10H,5H2,1-4H3/t7-,8+/m0/s1. The summed E-state index contributed by atoms with van der Waals surface area (Å²) in [6.45, 7) is 8.68. The van der Waals surface area contributed by atoms with Gasteiger partial charge in [0.05, 0.1) is 6.61 Å². The number of rotatable bonds is 4. The first-order valence-corrected chi connectivity index (χ1v) is 3.94. The van der Waals surface area contributed by atoms with E-state index in [1.165, 1.54) is 0 Å². The molecule has 0 aromatic carbocycles. The van der Waals surface area contributed by atoms with Crippen molar-refractivity contribution in [1.82, 2.24) is 5.32 Å². The Balaban J connectivity index is 3.46. The molecule has 2 N–H and O–H groups in total. The highest BCUT2D eigenvalue weighted by atomic mass is 16.3. The van der Waals surface area contributed by atoms with E-state index >= 15 is 0 Å². The van der Waals surface area contributed by atoms with Gasteiger partial charge in [0, 0.05) is 12.1 Å². The van der Waals surface area contributed by atoms with Crippen LogP contribution in [0.3, 0.4) is 0 Å². The first kappa shape index (κ1) is 9.92. The number of aliphatic hydroxyl groups is 1. The summed E-state index contributed by atoms with van der Waals surface area (Å²) < 4.78 is 0. The molecular weight excluding hydrogens is 126 g/mol. The van der Waals surface area contributed by atoms with Crippen molar-refractivity contribution in [2.45, 2.75) is 39.8 Å². The Morgan fingerprint density at radius 3 is 2.00 bits per heavy atom. The zero-order valence-electron chi connectivity index (χ0n) is 7.39. The maximum Gasteiger partial charge on any atom is 0.0582 e. The Morgan fingerprint density at radius 1 is 1.20 bits per heavy atom. The Labute approximate surface area is 63.6 Å². The zero-order chi connectivity index (χ0) is 8.15. The number of hydrogen-bond acceptors (Lipinski definition) is 2. The van der Waals surface area contributed by atoms with Crippen molar-refractivity contribution >= 4 is 0 Å². The zero-order valence-corrected chi connectivity index (χ0v) is 7.39. The van der Waals surface area contributed by atoms with Crippen molar-refractivity contribution in [2.24, 2.45) is 5.92 Å². The number of hydrogen-bond donors (Lipinski definition) is 2. The average Bonchev–Trinajstić information content (AvgIpc) is 1.87. The summed E-state index contributed by atoms with van der Waals surface area (Å²) in [6.07, 6.45) is 0. The number of aliphatic hydroxyl groups excluding tert-OH is 1. The van der Waals surface area contributed by atoms with Crippen LogP contribution in [0.2, 0.25) is 0 Å². The van der Waals surface area contributed by atoms with Gasteiger partial charge < -0.3 is 10.4 Å². The summed E-state index contributed by atoms with van der Waals surface area (Å²) in [6, 6.07) is 0.708. The summed E-state index contributed by atoms with van der Waals surface area (Å²) >= 11 is 0. The van der Waals surface area contributed by atoms with E-state index in [0.717, 1.165) is 0 Å². The van der Waals surface area contributed by atoms with Gasteiger partial charge in [-0.3, -0.25) is 0 Å². The summed E-state index contributed by atoms with van der Waals surface area (Å²) in [5.41, 5.74) is 0. The molecule has 0 rings (SSSR count). The van der Waals surface area contributed by atoms with Gasteiger partial charge in [-0.2, -0.15) is 0 Å². The summed E-state index contributed by atoms with van der Waals surface area (Å²) in [4.78, 5) is 0. The molecule has 62 valence electrons. The summed E-state index contributed by atoms with van der Waals surface area (Å²) in [7, 11) is 0. The molecule has 0 unspecified atom stereocenters. The molecule has 0 amide bonds. The first-order chi connectivity index (χ1) is 4.57. The highest BCUT2D eigenvalue weighted by Crippen LogP contribution is 2.00. The van der Waals surface area contributed by atoms with Gasteiger partial charge in [0.25, 0.3) is 0 Å². The van der Waals surface area contributed by atoms with Crippen LogP contribution in [0.1, 0.15) is 27.7 Å². The van der Waals surface area contributed by atoms with Crippen LogP contribution in [-0.4, -0.2) is 23.8 Å². The Bertz CT molecular complexity index is 83.3. The fourth-order valence-corrected chi connectivity index (χ4v) is 0.694. The van der Waals surface area contributed by atoms with E-state index in [9.17, 15) is 0 Å². The lowest BCUT2D eigenvalue weighted by atomic mass is 10.1. The second kappa shape index (κ2) is 4.69. The van der Waals surface area contributed by atoms with Crippen molar-refractivity contribution in [3.63, 3.8) is 0 Å². The molecular formula is C8H19NO. The second-order valence-electron chi connectivity index (χ2n) is 3.28. The first-order valence-electron chi connectivity index (χ1n) is 3.94. The minimum atomic E-state index is 0.219. The van der Waals surface area contributed by atoms with Crippen molar-refractivity contribution in [3.8, 4) is 0 Å². The van der Waals surface area contributed by atoms with E-state index in [1.807, 2.05) is 6.92 Å². The highest BCUT2D eigenvalue weighted by Gasteiger charge is 2.08. The van der Waals surface area contributed by atoms with E-state index in [4.69, 9.17) is 5.11 Å². The molecule has 0 saturated heterocycles. The predicted octanol–water partition coefficient (Wildman–Crippen LogP) is 1.00. The molecule has 0 aliphatic carbocycles. The minimum absolute atomic E-state index is 0.219. The van der Waals surface area contributed by atoms with Crippen LogP contribution in [0.25, 0.3) is 0 Å². The van der Waals surface area contributed by atoms with Crippen LogP contribution in [0.4, 0.5) is 0 Å². The normalized spacial score (nSPS) is 17.4. The van der Waals surface area contributed by atoms with Crippen molar-refractivity contribution in [3.05, 3.63) is 0 Å². The van der Waals surface area contributed by atoms with Crippen LogP contribution in [0.5, 0.6) is 0 Å². The van der Waals surface area contributed by atoms with Gasteiger partial charge in [0.1, 0.15) is 0 Å². The smallest absolute Gasteiger partial charge is 0.0582 e. The average molecular weight is 145 g/mol. The maximum absolute atomic E-state index is 8.70. The maximum atomic E-state index is 8.70. The molecule has 0 spiro atoms. The molecule has 2 heteroatoms. The fourth-order valence-electron chi connectivity index (χ4n) is 0.694. The third-order valence-corrected chi connectivity index (χ3v) is 1.82. The predicted molar refractivity (Wildman–Crippen MR) is 44.0 cm³/mol. The van der Waals surface area contributed by atoms with Crippen molar-refractivity contribution in [2.75, 3.05) is 6.61 Å². The van der Waals surface area contributed by atoms with Gasteiger partial charge in [0.2, 0.25) is 0 Å². The summed E-state index contributed by atoms with van der Waals surface area (Å²) in [5.74, 6) is 0.633. The van der Waals surface area contributed by atoms with E-state index in [1.54, 1.807) is 0 Å². The van der Waals surface area contributed by atoms with E-state index < -0.39 is 0 Å². The quantitative estimate of drug-likeness (QED) is 0.618. The molecule has 0 bridgehead atoms. The van der Waals surface area contributed by atoms with E-state index in [-0.39, 0.29) is 12.6 Å². The van der Waals surface area contributed by atoms with Gasteiger partial charge in [-0.15, -0.1) is 0 Å². The van der Waals surface area contributed by atoms with Crippen molar-refractivity contribution < 1.29 is 5.11 Å². The molecule has 0 aliphatic heterocycles. The lowest BCUT2D eigenvalue weighted by Crippen LogP contribution is -2.39. The van der Waals surface area contributed by atoms with Crippen molar-refractivity contribution in [1.29, 1.82) is 0 Å². The Kier molecular flexibility index (Phi) is 4.65. The Morgan fingerprint density at radius 2 is 1.70 bits per heavy atom. The SMILES string of the molecule is CC(C)[C@@H](C)N[C@@H](C)CO. The lowest BCUT2D eigenvalue weighted by Gasteiger charge is -2.21. The van der Waals surface area contributed by atoms with Gasteiger partial charge >= 0.3 is 0 Å². The fraction of sp³-hybridized carbons (Fsp3) is 1.00. The minimum Gasteiger partial charge on any atom is -0.395 e. The molecule has 0 heterocycles. The molecule has 0 aliphatic rings. The van der Waals surface area contributed by atoms with Crippen LogP contribution in [0, 0.1) is 5.92 Å². The van der Waals surface area contributed by atoms with Crippen LogP contribution >= 0.6 is 0 Å². The topological polar surface area (TPSA) is 32.3 Å². The number of nitrogens with one attached hydrogen (secondary N) is 1. The van der Waals surface area contributed by atoms with Gasteiger partial charge in [-0.05, 0) is 19.8 Å². The van der Waals surface area contributed by atoms with Gasteiger partial charge in [0.15, 0.2) is 0 Å². The largest absolute Gasteiger partial charge is 0.395 e. The third-order valence-electron chi connectivity index (χ3n) is 1.82. The molecule has 10 heavy (non-hydrogen) atoms. The second-order valence-corrected chi connectivity index (χ2v) is 3.28. The van der Waals surface area contributed by atoms with Gasteiger partial charge in [-0.1, -0.05) is 13.8 Å². The molecule has 0 fully saturated rings. The monoisotopic (exact) mass is 145 g/mol.